The van der Waals surface area contributed by atoms with E-state index in [9.17, 15) is 9.59 Å². The van der Waals surface area contributed by atoms with Gasteiger partial charge >= 0.3 is 0 Å². The average Bonchev–Trinajstić information content (AvgIpc) is 2.39. The maximum absolute atomic E-state index is 11.8. The van der Waals surface area contributed by atoms with Crippen molar-refractivity contribution >= 4 is 17.5 Å². The van der Waals surface area contributed by atoms with Gasteiger partial charge in [0, 0.05) is 30.8 Å². The topological polar surface area (TPSA) is 84.2 Å². The van der Waals surface area contributed by atoms with Crippen molar-refractivity contribution in [3.8, 4) is 0 Å². The zero-order valence-corrected chi connectivity index (χ0v) is 12.3. The Morgan fingerprint density at radius 1 is 1.35 bits per heavy atom. The number of amides is 2. The predicted octanol–water partition coefficient (Wildman–Crippen LogP) is 1.81. The summed E-state index contributed by atoms with van der Waals surface area (Å²) < 4.78 is 0. The summed E-state index contributed by atoms with van der Waals surface area (Å²) in [5.74, 6) is -0.163. The van der Waals surface area contributed by atoms with E-state index < -0.39 is 0 Å². The number of nitrogens with two attached hydrogens (primary N) is 1. The molecular weight excluding hydrogens is 254 g/mol. The van der Waals surface area contributed by atoms with Crippen molar-refractivity contribution in [2.45, 2.75) is 39.2 Å². The van der Waals surface area contributed by atoms with Crippen LogP contribution in [0.2, 0.25) is 0 Å². The van der Waals surface area contributed by atoms with Crippen molar-refractivity contribution in [2.24, 2.45) is 5.73 Å². The number of hydrogen-bond acceptors (Lipinski definition) is 3. The van der Waals surface area contributed by atoms with Crippen LogP contribution in [0.15, 0.2) is 18.2 Å². The van der Waals surface area contributed by atoms with E-state index in [1.165, 1.54) is 0 Å². The molecule has 0 radical (unpaired) electrons. The molecule has 5 heteroatoms. The Balaban J connectivity index is 2.60. The second-order valence-corrected chi connectivity index (χ2v) is 5.03. The van der Waals surface area contributed by atoms with Crippen LogP contribution in [0.5, 0.6) is 0 Å². The number of nitrogens with one attached hydrogen (secondary N) is 2. The summed E-state index contributed by atoms with van der Waals surface area (Å²) in [5, 5.41) is 5.43. The first kappa shape index (κ1) is 16.2. The maximum atomic E-state index is 11.8. The molecule has 0 aromatic heterocycles. The summed E-state index contributed by atoms with van der Waals surface area (Å²) >= 11 is 0. The standard InChI is InChI=1S/C15H23N3O2/c1-10-9-12(15(20)17-3)7-8-13(10)18-14(19)6-4-5-11(2)16/h7-9,11H,4-6,16H2,1-3H3,(H,17,20)(H,18,19). The lowest BCUT2D eigenvalue weighted by molar-refractivity contribution is -0.116. The molecule has 1 rings (SSSR count). The summed E-state index contributed by atoms with van der Waals surface area (Å²) in [7, 11) is 1.59. The monoisotopic (exact) mass is 277 g/mol. The second-order valence-electron chi connectivity index (χ2n) is 5.03. The van der Waals surface area contributed by atoms with Crippen molar-refractivity contribution in [1.29, 1.82) is 0 Å². The van der Waals surface area contributed by atoms with Gasteiger partial charge in [0.15, 0.2) is 0 Å². The molecule has 110 valence electrons. The van der Waals surface area contributed by atoms with Crippen LogP contribution in [0, 0.1) is 6.92 Å². The highest BCUT2D eigenvalue weighted by Crippen LogP contribution is 2.17. The molecule has 0 saturated heterocycles. The molecule has 0 spiro atoms. The third-order valence-electron chi connectivity index (χ3n) is 3.05. The van der Waals surface area contributed by atoms with Crippen LogP contribution < -0.4 is 16.4 Å². The minimum absolute atomic E-state index is 0.0264. The molecule has 2 amide bonds. The molecule has 0 bridgehead atoms. The van der Waals surface area contributed by atoms with Gasteiger partial charge in [-0.1, -0.05) is 0 Å². The van der Waals surface area contributed by atoms with Gasteiger partial charge in [-0.3, -0.25) is 9.59 Å². The highest BCUT2D eigenvalue weighted by Gasteiger charge is 2.08. The summed E-state index contributed by atoms with van der Waals surface area (Å²) in [6, 6.07) is 5.33. The second kappa shape index (κ2) is 7.65. The molecule has 5 nitrogen and oxygen atoms in total. The first-order valence-electron chi connectivity index (χ1n) is 6.82. The fraction of sp³-hybridized carbons (Fsp3) is 0.467. The third-order valence-corrected chi connectivity index (χ3v) is 3.05. The van der Waals surface area contributed by atoms with Crippen LogP contribution in [0.1, 0.15) is 42.1 Å². The van der Waals surface area contributed by atoms with Gasteiger partial charge in [-0.15, -0.1) is 0 Å². The van der Waals surface area contributed by atoms with Crippen LogP contribution in [0.3, 0.4) is 0 Å². The molecule has 0 fully saturated rings. The number of carbonyl (C=O) groups excluding carboxylic acids is 2. The molecule has 0 aliphatic rings. The molecule has 0 aliphatic carbocycles. The van der Waals surface area contributed by atoms with Crippen molar-refractivity contribution in [1.82, 2.24) is 5.32 Å². The fourth-order valence-electron chi connectivity index (χ4n) is 1.89. The van der Waals surface area contributed by atoms with Crippen molar-refractivity contribution in [3.05, 3.63) is 29.3 Å². The molecule has 1 aromatic carbocycles. The minimum Gasteiger partial charge on any atom is -0.355 e. The first-order valence-corrected chi connectivity index (χ1v) is 6.82. The Hall–Kier alpha value is -1.88. The Labute approximate surface area is 119 Å². The Morgan fingerprint density at radius 2 is 2.05 bits per heavy atom. The quantitative estimate of drug-likeness (QED) is 0.741. The Morgan fingerprint density at radius 3 is 2.60 bits per heavy atom. The highest BCUT2D eigenvalue weighted by molar-refractivity contribution is 5.96. The van der Waals surface area contributed by atoms with E-state index in [1.54, 1.807) is 25.2 Å². The summed E-state index contributed by atoms with van der Waals surface area (Å²) in [4.78, 5) is 23.3. The number of aryl methyl sites for hydroxylation is 1. The fourth-order valence-corrected chi connectivity index (χ4v) is 1.89. The van der Waals surface area contributed by atoms with Gasteiger partial charge < -0.3 is 16.4 Å². The Bertz CT molecular complexity index is 484. The molecule has 20 heavy (non-hydrogen) atoms. The van der Waals surface area contributed by atoms with Crippen LogP contribution in [0.25, 0.3) is 0 Å². The average molecular weight is 277 g/mol. The van der Waals surface area contributed by atoms with Crippen molar-refractivity contribution < 1.29 is 9.59 Å². The molecule has 1 aromatic rings. The zero-order chi connectivity index (χ0) is 15.1. The summed E-state index contributed by atoms with van der Waals surface area (Å²) in [6.07, 6.45) is 2.07. The van der Waals surface area contributed by atoms with E-state index in [0.29, 0.717) is 12.0 Å². The number of anilines is 1. The number of rotatable bonds is 6. The lowest BCUT2D eigenvalue weighted by Crippen LogP contribution is -2.19. The van der Waals surface area contributed by atoms with E-state index in [0.717, 1.165) is 24.1 Å². The van der Waals surface area contributed by atoms with Gasteiger partial charge in [-0.25, -0.2) is 0 Å². The SMILES string of the molecule is CNC(=O)c1ccc(NC(=O)CCCC(C)N)c(C)c1. The van der Waals surface area contributed by atoms with Crippen LogP contribution >= 0.6 is 0 Å². The third kappa shape index (κ3) is 5.01. The normalized spacial score (nSPS) is 11.8. The van der Waals surface area contributed by atoms with E-state index in [1.807, 2.05) is 13.8 Å². The molecule has 1 unspecified atom stereocenters. The van der Waals surface area contributed by atoms with Gasteiger partial charge in [-0.05, 0) is 50.5 Å². The van der Waals surface area contributed by atoms with Crippen molar-refractivity contribution in [3.63, 3.8) is 0 Å². The summed E-state index contributed by atoms with van der Waals surface area (Å²) in [5.41, 5.74) is 7.83. The largest absolute Gasteiger partial charge is 0.355 e. The van der Waals surface area contributed by atoms with Gasteiger partial charge in [0.05, 0.1) is 0 Å². The lowest BCUT2D eigenvalue weighted by Gasteiger charge is -2.10. The number of hydrogen-bond donors (Lipinski definition) is 3. The Kier molecular flexibility index (Phi) is 6.18. The van der Waals surface area contributed by atoms with Gasteiger partial charge in [0.2, 0.25) is 5.91 Å². The van der Waals surface area contributed by atoms with Crippen LogP contribution in [-0.2, 0) is 4.79 Å². The summed E-state index contributed by atoms with van der Waals surface area (Å²) in [6.45, 7) is 3.80. The van der Waals surface area contributed by atoms with E-state index >= 15 is 0 Å². The predicted molar refractivity (Wildman–Crippen MR) is 80.7 cm³/mol. The van der Waals surface area contributed by atoms with Gasteiger partial charge in [0.1, 0.15) is 0 Å². The van der Waals surface area contributed by atoms with E-state index in [-0.39, 0.29) is 17.9 Å². The molecule has 0 aliphatic heterocycles. The molecule has 4 N–H and O–H groups in total. The molecule has 1 atom stereocenters. The minimum atomic E-state index is -0.136. The molecular formula is C15H23N3O2. The van der Waals surface area contributed by atoms with Gasteiger partial charge in [0.25, 0.3) is 5.91 Å². The van der Waals surface area contributed by atoms with Crippen LogP contribution in [0.4, 0.5) is 5.69 Å². The first-order chi connectivity index (χ1) is 9.43. The maximum Gasteiger partial charge on any atom is 0.251 e. The van der Waals surface area contributed by atoms with E-state index in [2.05, 4.69) is 10.6 Å². The van der Waals surface area contributed by atoms with Crippen LogP contribution in [-0.4, -0.2) is 24.9 Å². The lowest BCUT2D eigenvalue weighted by atomic mass is 10.1. The van der Waals surface area contributed by atoms with E-state index in [4.69, 9.17) is 5.73 Å². The molecule has 0 saturated carbocycles. The van der Waals surface area contributed by atoms with Crippen molar-refractivity contribution in [2.75, 3.05) is 12.4 Å². The highest BCUT2D eigenvalue weighted by atomic mass is 16.2. The number of benzene rings is 1. The number of carbonyl (C=O) groups is 2. The molecule has 0 heterocycles. The van der Waals surface area contributed by atoms with Gasteiger partial charge in [-0.2, -0.15) is 0 Å². The zero-order valence-electron chi connectivity index (χ0n) is 12.3. The smallest absolute Gasteiger partial charge is 0.251 e.